The van der Waals surface area contributed by atoms with E-state index < -0.39 is 5.97 Å². The van der Waals surface area contributed by atoms with Gasteiger partial charge in [0.25, 0.3) is 0 Å². The molecule has 0 amide bonds. The Kier molecular flexibility index (Phi) is 3.06. The van der Waals surface area contributed by atoms with E-state index in [1.807, 2.05) is 24.3 Å². The van der Waals surface area contributed by atoms with Crippen LogP contribution in [0.4, 0.5) is 0 Å². The number of pyridine rings is 1. The van der Waals surface area contributed by atoms with Crippen molar-refractivity contribution >= 4 is 28.5 Å². The fourth-order valence-electron chi connectivity index (χ4n) is 1.66. The molecule has 0 saturated heterocycles. The van der Waals surface area contributed by atoms with E-state index in [0.29, 0.717) is 11.6 Å². The minimum Gasteiger partial charge on any atom is -0.481 e. The van der Waals surface area contributed by atoms with Crippen LogP contribution >= 0.6 is 11.6 Å². The van der Waals surface area contributed by atoms with Gasteiger partial charge in [-0.2, -0.15) is 0 Å². The predicted molar refractivity (Wildman–Crippen MR) is 62.7 cm³/mol. The van der Waals surface area contributed by atoms with Gasteiger partial charge in [0, 0.05) is 11.8 Å². The van der Waals surface area contributed by atoms with Crippen LogP contribution in [-0.4, -0.2) is 16.1 Å². The van der Waals surface area contributed by atoms with Crippen molar-refractivity contribution in [2.45, 2.75) is 12.8 Å². The molecular formula is C12H10ClNO2. The van der Waals surface area contributed by atoms with Crippen LogP contribution < -0.4 is 0 Å². The van der Waals surface area contributed by atoms with Crippen LogP contribution in [-0.2, 0) is 11.2 Å². The molecule has 1 aromatic carbocycles. The van der Waals surface area contributed by atoms with E-state index in [-0.39, 0.29) is 6.42 Å². The molecule has 1 heterocycles. The van der Waals surface area contributed by atoms with E-state index in [1.165, 1.54) is 0 Å². The summed E-state index contributed by atoms with van der Waals surface area (Å²) in [6.45, 7) is 0. The first-order chi connectivity index (χ1) is 7.66. The summed E-state index contributed by atoms with van der Waals surface area (Å²) in [5.74, 6) is -0.808. The maximum absolute atomic E-state index is 10.5. The Morgan fingerprint density at radius 3 is 2.88 bits per heavy atom. The Morgan fingerprint density at radius 2 is 2.12 bits per heavy atom. The third kappa shape index (κ3) is 2.31. The third-order valence-electron chi connectivity index (χ3n) is 2.38. The molecule has 1 N–H and O–H groups in total. The molecule has 0 aliphatic heterocycles. The maximum atomic E-state index is 10.5. The lowest BCUT2D eigenvalue weighted by molar-refractivity contribution is -0.136. The van der Waals surface area contributed by atoms with Crippen LogP contribution in [0.15, 0.2) is 30.3 Å². The highest BCUT2D eigenvalue weighted by atomic mass is 35.5. The Labute approximate surface area is 97.7 Å². The van der Waals surface area contributed by atoms with E-state index in [9.17, 15) is 4.79 Å². The van der Waals surface area contributed by atoms with E-state index in [0.717, 1.165) is 16.5 Å². The number of para-hydroxylation sites is 1. The van der Waals surface area contributed by atoms with Crippen LogP contribution in [0.5, 0.6) is 0 Å². The number of aliphatic carboxylic acids is 1. The van der Waals surface area contributed by atoms with Crippen LogP contribution in [0, 0.1) is 0 Å². The van der Waals surface area contributed by atoms with Gasteiger partial charge in [0.2, 0.25) is 0 Å². The highest BCUT2D eigenvalue weighted by Gasteiger charge is 2.06. The zero-order valence-electron chi connectivity index (χ0n) is 8.48. The molecule has 2 rings (SSSR count). The fourth-order valence-corrected chi connectivity index (χ4v) is 1.88. The van der Waals surface area contributed by atoms with Crippen molar-refractivity contribution in [1.82, 2.24) is 4.98 Å². The molecule has 0 saturated carbocycles. The normalized spacial score (nSPS) is 10.6. The van der Waals surface area contributed by atoms with Crippen LogP contribution in [0.25, 0.3) is 10.9 Å². The smallest absolute Gasteiger partial charge is 0.303 e. The summed E-state index contributed by atoms with van der Waals surface area (Å²) in [4.78, 5) is 14.7. The van der Waals surface area contributed by atoms with Gasteiger partial charge in [-0.1, -0.05) is 29.8 Å². The number of fused-ring (bicyclic) bond motifs is 1. The standard InChI is InChI=1S/C12H10ClNO2/c13-11-7-8(5-6-12(15)16)9-3-1-2-4-10(9)14-11/h1-4,7H,5-6H2,(H,15,16). The summed E-state index contributed by atoms with van der Waals surface area (Å²) in [7, 11) is 0. The first-order valence-electron chi connectivity index (χ1n) is 4.93. The molecule has 3 nitrogen and oxygen atoms in total. The molecule has 0 bridgehead atoms. The summed E-state index contributed by atoms with van der Waals surface area (Å²) in [6.07, 6.45) is 0.572. The van der Waals surface area contributed by atoms with E-state index in [2.05, 4.69) is 4.98 Å². The molecule has 0 radical (unpaired) electrons. The monoisotopic (exact) mass is 235 g/mol. The average molecular weight is 236 g/mol. The quantitative estimate of drug-likeness (QED) is 0.833. The summed E-state index contributed by atoms with van der Waals surface area (Å²) in [6, 6.07) is 9.31. The van der Waals surface area contributed by atoms with Crippen molar-refractivity contribution in [3.8, 4) is 0 Å². The molecule has 4 heteroatoms. The highest BCUT2D eigenvalue weighted by molar-refractivity contribution is 6.29. The number of carbonyl (C=O) groups is 1. The van der Waals surface area contributed by atoms with E-state index >= 15 is 0 Å². The van der Waals surface area contributed by atoms with Crippen LogP contribution in [0.3, 0.4) is 0 Å². The third-order valence-corrected chi connectivity index (χ3v) is 2.57. The minimum atomic E-state index is -0.808. The second kappa shape index (κ2) is 4.49. The number of benzene rings is 1. The Morgan fingerprint density at radius 1 is 1.38 bits per heavy atom. The zero-order valence-corrected chi connectivity index (χ0v) is 9.24. The summed E-state index contributed by atoms with van der Waals surface area (Å²) in [5, 5.41) is 10.0. The predicted octanol–water partition coefficient (Wildman–Crippen LogP) is 2.91. The van der Waals surface area contributed by atoms with Crippen molar-refractivity contribution in [2.24, 2.45) is 0 Å². The van der Waals surface area contributed by atoms with Gasteiger partial charge in [-0.3, -0.25) is 4.79 Å². The molecule has 0 atom stereocenters. The number of carboxylic acids is 1. The van der Waals surface area contributed by atoms with Gasteiger partial charge >= 0.3 is 5.97 Å². The Hall–Kier alpha value is -1.61. The minimum absolute atomic E-state index is 0.102. The molecule has 82 valence electrons. The largest absolute Gasteiger partial charge is 0.481 e. The molecule has 0 spiro atoms. The number of nitrogens with zero attached hydrogens (tertiary/aromatic N) is 1. The average Bonchev–Trinajstić information content (AvgIpc) is 2.25. The van der Waals surface area contributed by atoms with Crippen molar-refractivity contribution in [3.05, 3.63) is 41.0 Å². The second-order valence-corrected chi connectivity index (χ2v) is 3.90. The molecular weight excluding hydrogens is 226 g/mol. The van der Waals surface area contributed by atoms with Crippen molar-refractivity contribution in [3.63, 3.8) is 0 Å². The topological polar surface area (TPSA) is 50.2 Å². The van der Waals surface area contributed by atoms with Gasteiger partial charge in [0.05, 0.1) is 5.52 Å². The molecule has 0 unspecified atom stereocenters. The van der Waals surface area contributed by atoms with Crippen molar-refractivity contribution < 1.29 is 9.90 Å². The van der Waals surface area contributed by atoms with Gasteiger partial charge in [0.1, 0.15) is 5.15 Å². The van der Waals surface area contributed by atoms with Crippen molar-refractivity contribution in [1.29, 1.82) is 0 Å². The van der Waals surface area contributed by atoms with E-state index in [1.54, 1.807) is 6.07 Å². The molecule has 1 aromatic heterocycles. The number of carboxylic acid groups (broad SMARTS) is 1. The molecule has 0 aliphatic carbocycles. The van der Waals surface area contributed by atoms with Gasteiger partial charge in [-0.25, -0.2) is 4.98 Å². The number of halogens is 1. The van der Waals surface area contributed by atoms with Gasteiger partial charge < -0.3 is 5.11 Å². The lowest BCUT2D eigenvalue weighted by atomic mass is 10.0. The van der Waals surface area contributed by atoms with Crippen LogP contribution in [0.2, 0.25) is 5.15 Å². The second-order valence-electron chi connectivity index (χ2n) is 3.51. The lowest BCUT2D eigenvalue weighted by Gasteiger charge is -2.05. The first-order valence-corrected chi connectivity index (χ1v) is 5.30. The number of aryl methyl sites for hydroxylation is 1. The number of rotatable bonds is 3. The number of aromatic nitrogens is 1. The maximum Gasteiger partial charge on any atom is 0.303 e. The summed E-state index contributed by atoms with van der Waals surface area (Å²) in [5.41, 5.74) is 1.73. The summed E-state index contributed by atoms with van der Waals surface area (Å²) >= 11 is 5.88. The van der Waals surface area contributed by atoms with Crippen LogP contribution in [0.1, 0.15) is 12.0 Å². The summed E-state index contributed by atoms with van der Waals surface area (Å²) < 4.78 is 0. The van der Waals surface area contributed by atoms with Gasteiger partial charge in [0.15, 0.2) is 0 Å². The molecule has 2 aromatic rings. The number of hydrogen-bond acceptors (Lipinski definition) is 2. The molecule has 0 aliphatic rings. The number of hydrogen-bond donors (Lipinski definition) is 1. The fraction of sp³-hybridized carbons (Fsp3) is 0.167. The SMILES string of the molecule is O=C(O)CCc1cc(Cl)nc2ccccc12. The van der Waals surface area contributed by atoms with Gasteiger partial charge in [-0.05, 0) is 24.1 Å². The first kappa shape index (κ1) is 10.9. The van der Waals surface area contributed by atoms with Crippen molar-refractivity contribution in [2.75, 3.05) is 0 Å². The lowest BCUT2D eigenvalue weighted by Crippen LogP contribution is -1.98. The van der Waals surface area contributed by atoms with E-state index in [4.69, 9.17) is 16.7 Å². The molecule has 0 fully saturated rings. The highest BCUT2D eigenvalue weighted by Crippen LogP contribution is 2.21. The van der Waals surface area contributed by atoms with Gasteiger partial charge in [-0.15, -0.1) is 0 Å². The Bertz CT molecular complexity index is 540. The Balaban J connectivity index is 2.46. The molecule has 16 heavy (non-hydrogen) atoms. The zero-order chi connectivity index (χ0) is 11.5.